The highest BCUT2D eigenvalue weighted by Crippen LogP contribution is 2.28. The first-order valence-electron chi connectivity index (χ1n) is 6.70. The lowest BCUT2D eigenvalue weighted by molar-refractivity contribution is -0.117. The van der Waals surface area contributed by atoms with E-state index in [-0.39, 0.29) is 11.5 Å². The highest BCUT2D eigenvalue weighted by atomic mass is 16.4. The summed E-state index contributed by atoms with van der Waals surface area (Å²) in [7, 11) is 0. The summed E-state index contributed by atoms with van der Waals surface area (Å²) >= 11 is 0. The van der Waals surface area contributed by atoms with E-state index in [1.165, 1.54) is 18.9 Å². The second kappa shape index (κ2) is 5.87. The number of nitrogens with one attached hydrogen (secondary N) is 1. The number of benzene rings is 1. The number of rotatable bonds is 4. The second-order valence-electron chi connectivity index (χ2n) is 5.24. The predicted octanol–water partition coefficient (Wildman–Crippen LogP) is 3.21. The van der Waals surface area contributed by atoms with E-state index in [4.69, 9.17) is 5.11 Å². The molecule has 2 rings (SSSR count). The van der Waals surface area contributed by atoms with Gasteiger partial charge < -0.3 is 10.4 Å². The van der Waals surface area contributed by atoms with Crippen LogP contribution in [0.15, 0.2) is 18.2 Å². The third-order valence-electron chi connectivity index (χ3n) is 3.70. The van der Waals surface area contributed by atoms with E-state index in [0.717, 1.165) is 18.4 Å². The second-order valence-corrected chi connectivity index (χ2v) is 5.24. The van der Waals surface area contributed by atoms with Crippen LogP contribution < -0.4 is 5.32 Å². The molecule has 4 nitrogen and oxygen atoms in total. The molecule has 0 radical (unpaired) electrons. The van der Waals surface area contributed by atoms with Gasteiger partial charge in [0.15, 0.2) is 0 Å². The monoisotopic (exact) mass is 261 g/mol. The van der Waals surface area contributed by atoms with Crippen LogP contribution in [0.2, 0.25) is 0 Å². The van der Waals surface area contributed by atoms with Gasteiger partial charge in [-0.2, -0.15) is 0 Å². The summed E-state index contributed by atoms with van der Waals surface area (Å²) < 4.78 is 0. The number of anilines is 1. The van der Waals surface area contributed by atoms with Crippen LogP contribution in [0.4, 0.5) is 5.69 Å². The van der Waals surface area contributed by atoms with E-state index in [1.54, 1.807) is 19.1 Å². The molecule has 2 N–H and O–H groups in total. The summed E-state index contributed by atoms with van der Waals surface area (Å²) in [6.45, 7) is 1.80. The van der Waals surface area contributed by atoms with Crippen LogP contribution in [-0.2, 0) is 4.79 Å². The predicted molar refractivity (Wildman–Crippen MR) is 73.3 cm³/mol. The zero-order valence-corrected chi connectivity index (χ0v) is 11.1. The highest BCUT2D eigenvalue weighted by molar-refractivity contribution is 5.93. The van der Waals surface area contributed by atoms with Gasteiger partial charge in [-0.3, -0.25) is 4.79 Å². The van der Waals surface area contributed by atoms with E-state index in [9.17, 15) is 9.59 Å². The summed E-state index contributed by atoms with van der Waals surface area (Å²) in [6, 6.07) is 4.75. The largest absolute Gasteiger partial charge is 0.478 e. The Kier molecular flexibility index (Phi) is 4.20. The van der Waals surface area contributed by atoms with E-state index in [2.05, 4.69) is 5.32 Å². The fourth-order valence-corrected chi connectivity index (χ4v) is 2.61. The molecule has 1 aliphatic rings. The number of hydrogen-bond donors (Lipinski definition) is 2. The molecular weight excluding hydrogens is 242 g/mol. The molecule has 1 saturated carbocycles. The lowest BCUT2D eigenvalue weighted by atomic mass is 10.0. The molecule has 0 aliphatic heterocycles. The van der Waals surface area contributed by atoms with Gasteiger partial charge in [0.05, 0.1) is 5.56 Å². The average Bonchev–Trinajstić information content (AvgIpc) is 2.84. The molecule has 1 aromatic carbocycles. The number of carbonyl (C=O) groups is 2. The number of aryl methyl sites for hydroxylation is 1. The lowest BCUT2D eigenvalue weighted by Crippen LogP contribution is -2.16. The zero-order valence-electron chi connectivity index (χ0n) is 11.1. The number of carboxylic acid groups (broad SMARTS) is 1. The quantitative estimate of drug-likeness (QED) is 0.874. The molecule has 0 aromatic heterocycles. The smallest absolute Gasteiger partial charge is 0.335 e. The number of carboxylic acids is 1. The Morgan fingerprint density at radius 2 is 2.00 bits per heavy atom. The molecule has 1 aliphatic carbocycles. The summed E-state index contributed by atoms with van der Waals surface area (Å²) in [5.74, 6) is -0.413. The Hall–Kier alpha value is -1.84. The Labute approximate surface area is 112 Å². The third-order valence-corrected chi connectivity index (χ3v) is 3.70. The van der Waals surface area contributed by atoms with Crippen LogP contribution in [0.25, 0.3) is 0 Å². The number of carbonyl (C=O) groups excluding carboxylic acids is 1. The first kappa shape index (κ1) is 13.6. The van der Waals surface area contributed by atoms with Crippen molar-refractivity contribution in [2.24, 2.45) is 5.92 Å². The van der Waals surface area contributed by atoms with Crippen molar-refractivity contribution in [3.63, 3.8) is 0 Å². The van der Waals surface area contributed by atoms with Crippen molar-refractivity contribution in [2.45, 2.75) is 39.0 Å². The minimum atomic E-state index is -0.952. The summed E-state index contributed by atoms with van der Waals surface area (Å²) in [5, 5.41) is 11.8. The van der Waals surface area contributed by atoms with Gasteiger partial charge in [-0.05, 0) is 49.4 Å². The molecule has 0 heterocycles. The minimum Gasteiger partial charge on any atom is -0.478 e. The van der Waals surface area contributed by atoms with E-state index < -0.39 is 5.97 Å². The van der Waals surface area contributed by atoms with Gasteiger partial charge in [-0.25, -0.2) is 4.79 Å². The van der Waals surface area contributed by atoms with Crippen LogP contribution >= 0.6 is 0 Å². The van der Waals surface area contributed by atoms with Crippen LogP contribution in [0.1, 0.15) is 48.0 Å². The molecule has 102 valence electrons. The van der Waals surface area contributed by atoms with Gasteiger partial charge in [0.25, 0.3) is 0 Å². The molecule has 0 spiro atoms. The van der Waals surface area contributed by atoms with Crippen LogP contribution in [0, 0.1) is 12.8 Å². The molecule has 1 aromatic rings. The van der Waals surface area contributed by atoms with E-state index in [1.807, 2.05) is 0 Å². The maximum atomic E-state index is 11.9. The van der Waals surface area contributed by atoms with E-state index >= 15 is 0 Å². The van der Waals surface area contributed by atoms with Gasteiger partial charge in [0, 0.05) is 12.1 Å². The van der Waals surface area contributed by atoms with Crippen LogP contribution in [0.3, 0.4) is 0 Å². The number of hydrogen-bond acceptors (Lipinski definition) is 2. The van der Waals surface area contributed by atoms with Gasteiger partial charge >= 0.3 is 5.97 Å². The number of amides is 1. The summed E-state index contributed by atoms with van der Waals surface area (Å²) in [5.41, 5.74) is 1.72. The lowest BCUT2D eigenvalue weighted by Gasteiger charge is -2.11. The van der Waals surface area contributed by atoms with Crippen molar-refractivity contribution in [1.82, 2.24) is 0 Å². The molecule has 0 bridgehead atoms. The fourth-order valence-electron chi connectivity index (χ4n) is 2.61. The highest BCUT2D eigenvalue weighted by Gasteiger charge is 2.18. The molecule has 1 amide bonds. The van der Waals surface area contributed by atoms with Crippen molar-refractivity contribution < 1.29 is 14.7 Å². The minimum absolute atomic E-state index is 0.0260. The molecule has 0 saturated heterocycles. The molecule has 0 unspecified atom stereocenters. The van der Waals surface area contributed by atoms with Gasteiger partial charge in [-0.15, -0.1) is 0 Å². The van der Waals surface area contributed by atoms with Gasteiger partial charge in [0.2, 0.25) is 5.91 Å². The van der Waals surface area contributed by atoms with Crippen molar-refractivity contribution in [3.05, 3.63) is 29.3 Å². The van der Waals surface area contributed by atoms with Crippen molar-refractivity contribution in [1.29, 1.82) is 0 Å². The molecule has 4 heteroatoms. The first-order valence-corrected chi connectivity index (χ1v) is 6.70. The molecule has 0 atom stereocenters. The number of aromatic carboxylic acids is 1. The average molecular weight is 261 g/mol. The summed E-state index contributed by atoms with van der Waals surface area (Å²) in [4.78, 5) is 22.7. The van der Waals surface area contributed by atoms with Crippen LogP contribution in [0.5, 0.6) is 0 Å². The summed E-state index contributed by atoms with van der Waals surface area (Å²) in [6.07, 6.45) is 5.31. The Balaban J connectivity index is 1.98. The van der Waals surface area contributed by atoms with Gasteiger partial charge in [0.1, 0.15) is 0 Å². The molecular formula is C15H19NO3. The SMILES string of the molecule is Cc1cc(C(=O)O)ccc1NC(=O)CC1CCCC1. The van der Waals surface area contributed by atoms with Crippen molar-refractivity contribution >= 4 is 17.6 Å². The topological polar surface area (TPSA) is 66.4 Å². The Morgan fingerprint density at radius 3 is 2.58 bits per heavy atom. The van der Waals surface area contributed by atoms with Crippen LogP contribution in [-0.4, -0.2) is 17.0 Å². The Morgan fingerprint density at radius 1 is 1.32 bits per heavy atom. The normalized spacial score (nSPS) is 15.4. The van der Waals surface area contributed by atoms with E-state index in [0.29, 0.717) is 18.0 Å². The van der Waals surface area contributed by atoms with Crippen molar-refractivity contribution in [3.8, 4) is 0 Å². The standard InChI is InChI=1S/C15H19NO3/c1-10-8-12(15(18)19)6-7-13(10)16-14(17)9-11-4-2-3-5-11/h6-8,11H,2-5,9H2,1H3,(H,16,17)(H,18,19). The third kappa shape index (κ3) is 3.56. The first-order chi connectivity index (χ1) is 9.06. The Bertz CT molecular complexity index is 490. The maximum Gasteiger partial charge on any atom is 0.335 e. The molecule has 1 fully saturated rings. The zero-order chi connectivity index (χ0) is 13.8. The molecule has 19 heavy (non-hydrogen) atoms. The fraction of sp³-hybridized carbons (Fsp3) is 0.467. The maximum absolute atomic E-state index is 11.9. The van der Waals surface area contributed by atoms with Crippen molar-refractivity contribution in [2.75, 3.05) is 5.32 Å². The van der Waals surface area contributed by atoms with Gasteiger partial charge in [-0.1, -0.05) is 12.8 Å².